The maximum Gasteiger partial charge on any atom is 0.180 e. The molecule has 6 nitrogen and oxygen atoms in total. The van der Waals surface area contributed by atoms with Crippen molar-refractivity contribution in [3.05, 3.63) is 18.6 Å². The molecule has 108 valence electrons. The number of nitrogens with zero attached hydrogens (tertiary/aromatic N) is 4. The molecule has 6 heteroatoms. The van der Waals surface area contributed by atoms with Gasteiger partial charge >= 0.3 is 0 Å². The zero-order valence-corrected chi connectivity index (χ0v) is 12.1. The van der Waals surface area contributed by atoms with Gasteiger partial charge in [0.2, 0.25) is 0 Å². The van der Waals surface area contributed by atoms with Gasteiger partial charge in [0.15, 0.2) is 17.3 Å². The number of anilines is 2. The number of piperidine rings is 1. The molecular weight excluding hydrogens is 252 g/mol. The highest BCUT2D eigenvalue weighted by molar-refractivity contribution is 5.66. The van der Waals surface area contributed by atoms with E-state index in [1.807, 2.05) is 16.8 Å². The fourth-order valence-electron chi connectivity index (χ4n) is 2.97. The molecule has 20 heavy (non-hydrogen) atoms. The molecule has 1 aliphatic heterocycles. The fraction of sp³-hybridized carbons (Fsp3) is 0.571. The molecule has 1 aliphatic rings. The van der Waals surface area contributed by atoms with Gasteiger partial charge in [0.1, 0.15) is 0 Å². The number of imidazole rings is 1. The molecule has 0 saturated carbocycles. The lowest BCUT2D eigenvalue weighted by molar-refractivity contribution is 0.311. The third-order valence-corrected chi connectivity index (χ3v) is 4.29. The van der Waals surface area contributed by atoms with Gasteiger partial charge in [-0.2, -0.15) is 0 Å². The number of rotatable bonds is 3. The van der Waals surface area contributed by atoms with Gasteiger partial charge in [-0.25, -0.2) is 15.8 Å². The van der Waals surface area contributed by atoms with Crippen LogP contribution in [0.15, 0.2) is 18.6 Å². The van der Waals surface area contributed by atoms with E-state index in [4.69, 9.17) is 5.84 Å². The molecule has 0 amide bonds. The molecule has 0 bridgehead atoms. The van der Waals surface area contributed by atoms with Gasteiger partial charge in [0, 0.05) is 25.5 Å². The van der Waals surface area contributed by atoms with Crippen LogP contribution in [0.5, 0.6) is 0 Å². The summed E-state index contributed by atoms with van der Waals surface area (Å²) in [6, 6.07) is 0. The maximum atomic E-state index is 5.51. The second-order valence-corrected chi connectivity index (χ2v) is 5.82. The van der Waals surface area contributed by atoms with E-state index in [0.29, 0.717) is 5.82 Å². The van der Waals surface area contributed by atoms with Crippen LogP contribution in [0.4, 0.5) is 11.6 Å². The van der Waals surface area contributed by atoms with E-state index in [0.717, 1.165) is 36.4 Å². The molecule has 0 aliphatic carbocycles. The SMILES string of the molecule is CC(C)C1CCN(c2nc(NN)cn3ccnc23)CC1. The monoisotopic (exact) mass is 274 g/mol. The first-order valence-electron chi connectivity index (χ1n) is 7.24. The zero-order valence-electron chi connectivity index (χ0n) is 12.1. The van der Waals surface area contributed by atoms with Crippen LogP contribution < -0.4 is 16.2 Å². The first kappa shape index (κ1) is 13.2. The second kappa shape index (κ2) is 5.28. The summed E-state index contributed by atoms with van der Waals surface area (Å²) in [7, 11) is 0. The van der Waals surface area contributed by atoms with Crippen molar-refractivity contribution in [2.75, 3.05) is 23.4 Å². The molecule has 0 atom stereocenters. The summed E-state index contributed by atoms with van der Waals surface area (Å²) in [6.45, 7) is 6.69. The molecule has 0 radical (unpaired) electrons. The third-order valence-electron chi connectivity index (χ3n) is 4.29. The van der Waals surface area contributed by atoms with E-state index in [-0.39, 0.29) is 0 Å². The van der Waals surface area contributed by atoms with E-state index >= 15 is 0 Å². The second-order valence-electron chi connectivity index (χ2n) is 5.82. The molecule has 1 fully saturated rings. The predicted octanol–water partition coefficient (Wildman–Crippen LogP) is 1.89. The molecule has 2 aromatic rings. The van der Waals surface area contributed by atoms with Crippen LogP contribution in [0.3, 0.4) is 0 Å². The summed E-state index contributed by atoms with van der Waals surface area (Å²) in [4.78, 5) is 11.3. The summed E-state index contributed by atoms with van der Waals surface area (Å²) in [5.74, 6) is 8.67. The van der Waals surface area contributed by atoms with Gasteiger partial charge in [-0.3, -0.25) is 0 Å². The zero-order chi connectivity index (χ0) is 14.1. The normalized spacial score (nSPS) is 17.1. The van der Waals surface area contributed by atoms with Gasteiger partial charge in [0.05, 0.1) is 6.20 Å². The molecule has 0 spiro atoms. The van der Waals surface area contributed by atoms with Crippen LogP contribution >= 0.6 is 0 Å². The van der Waals surface area contributed by atoms with E-state index in [1.54, 1.807) is 6.20 Å². The average molecular weight is 274 g/mol. The summed E-state index contributed by atoms with van der Waals surface area (Å²) in [5.41, 5.74) is 3.52. The van der Waals surface area contributed by atoms with Crippen LogP contribution in [0.2, 0.25) is 0 Å². The number of nitrogens with two attached hydrogens (primary N) is 1. The Hall–Kier alpha value is -1.82. The van der Waals surface area contributed by atoms with Crippen LogP contribution in [0.1, 0.15) is 26.7 Å². The minimum Gasteiger partial charge on any atom is -0.353 e. The lowest BCUT2D eigenvalue weighted by Gasteiger charge is -2.34. The Balaban J connectivity index is 1.88. The van der Waals surface area contributed by atoms with Gasteiger partial charge in [0.25, 0.3) is 0 Å². The topological polar surface area (TPSA) is 71.5 Å². The van der Waals surface area contributed by atoms with Crippen molar-refractivity contribution in [2.45, 2.75) is 26.7 Å². The smallest absolute Gasteiger partial charge is 0.180 e. The minimum absolute atomic E-state index is 0.663. The number of hydrogen-bond donors (Lipinski definition) is 2. The fourth-order valence-corrected chi connectivity index (χ4v) is 2.97. The average Bonchev–Trinajstić information content (AvgIpc) is 2.94. The summed E-state index contributed by atoms with van der Waals surface area (Å²) < 4.78 is 1.96. The Morgan fingerprint density at radius 3 is 2.75 bits per heavy atom. The number of hydrazine groups is 1. The first-order valence-corrected chi connectivity index (χ1v) is 7.24. The highest BCUT2D eigenvalue weighted by atomic mass is 15.3. The largest absolute Gasteiger partial charge is 0.353 e. The third kappa shape index (κ3) is 2.31. The van der Waals surface area contributed by atoms with Gasteiger partial charge in [-0.15, -0.1) is 0 Å². The van der Waals surface area contributed by atoms with E-state index in [9.17, 15) is 0 Å². The van der Waals surface area contributed by atoms with Crippen molar-refractivity contribution >= 4 is 17.3 Å². The standard InChI is InChI=1S/C14H22N6/c1-10(2)11-3-6-19(7-4-11)14-13-16-5-8-20(13)9-12(17-14)18-15/h5,8-11,18H,3-4,6-7,15H2,1-2H3. The van der Waals surface area contributed by atoms with Crippen molar-refractivity contribution in [3.63, 3.8) is 0 Å². The van der Waals surface area contributed by atoms with Crippen LogP contribution in [0.25, 0.3) is 5.65 Å². The van der Waals surface area contributed by atoms with Crippen LogP contribution in [-0.2, 0) is 0 Å². The van der Waals surface area contributed by atoms with Gasteiger partial charge in [-0.05, 0) is 24.7 Å². The van der Waals surface area contributed by atoms with E-state index in [1.165, 1.54) is 12.8 Å². The Labute approximate surface area is 119 Å². The van der Waals surface area contributed by atoms with Crippen molar-refractivity contribution in [1.82, 2.24) is 14.4 Å². The molecule has 0 unspecified atom stereocenters. The Morgan fingerprint density at radius 1 is 1.35 bits per heavy atom. The van der Waals surface area contributed by atoms with E-state index < -0.39 is 0 Å². The summed E-state index contributed by atoms with van der Waals surface area (Å²) in [6.07, 6.45) is 8.00. The van der Waals surface area contributed by atoms with Crippen molar-refractivity contribution in [1.29, 1.82) is 0 Å². The molecular formula is C14H22N6. The number of nitrogen functional groups attached to an aromatic ring is 1. The molecule has 1 saturated heterocycles. The number of fused-ring (bicyclic) bond motifs is 1. The maximum absolute atomic E-state index is 5.51. The molecule has 3 heterocycles. The lowest BCUT2D eigenvalue weighted by atomic mass is 9.87. The first-order chi connectivity index (χ1) is 9.69. The Morgan fingerprint density at radius 2 is 2.10 bits per heavy atom. The lowest BCUT2D eigenvalue weighted by Crippen LogP contribution is -2.36. The van der Waals surface area contributed by atoms with Gasteiger partial charge in [-0.1, -0.05) is 13.8 Å². The summed E-state index contributed by atoms with van der Waals surface area (Å²) in [5, 5.41) is 0. The van der Waals surface area contributed by atoms with Gasteiger partial charge < -0.3 is 14.7 Å². The molecule has 2 aromatic heterocycles. The highest BCUT2D eigenvalue weighted by Gasteiger charge is 2.24. The summed E-state index contributed by atoms with van der Waals surface area (Å²) >= 11 is 0. The predicted molar refractivity (Wildman–Crippen MR) is 80.6 cm³/mol. The van der Waals surface area contributed by atoms with Crippen molar-refractivity contribution < 1.29 is 0 Å². The van der Waals surface area contributed by atoms with Crippen LogP contribution in [-0.4, -0.2) is 27.5 Å². The molecule has 3 rings (SSSR count). The number of aromatic nitrogens is 3. The number of nitrogens with one attached hydrogen (secondary N) is 1. The Kier molecular flexibility index (Phi) is 3.48. The van der Waals surface area contributed by atoms with Crippen molar-refractivity contribution in [2.24, 2.45) is 17.7 Å². The quantitative estimate of drug-likeness (QED) is 0.660. The van der Waals surface area contributed by atoms with E-state index in [2.05, 4.69) is 34.1 Å². The van der Waals surface area contributed by atoms with Crippen molar-refractivity contribution in [3.8, 4) is 0 Å². The molecule has 3 N–H and O–H groups in total. The highest BCUT2D eigenvalue weighted by Crippen LogP contribution is 2.29. The molecule has 0 aromatic carbocycles. The van der Waals surface area contributed by atoms with Crippen LogP contribution in [0, 0.1) is 11.8 Å². The number of hydrogen-bond acceptors (Lipinski definition) is 5. The Bertz CT molecular complexity index is 582. The minimum atomic E-state index is 0.663.